The van der Waals surface area contributed by atoms with Gasteiger partial charge in [0.05, 0.1) is 5.69 Å². The number of halogens is 2. The molecule has 0 amide bonds. The van der Waals surface area contributed by atoms with Crippen LogP contribution in [0.15, 0.2) is 36.4 Å². The summed E-state index contributed by atoms with van der Waals surface area (Å²) < 4.78 is 31.1. The number of hydrogen-bond donors (Lipinski definition) is 1. The molecule has 0 saturated carbocycles. The maximum atomic E-state index is 13.0. The summed E-state index contributed by atoms with van der Waals surface area (Å²) in [5.41, 5.74) is 7.13. The van der Waals surface area contributed by atoms with E-state index in [1.54, 1.807) is 12.1 Å². The maximum Gasteiger partial charge on any atom is 0.162 e. The molecule has 0 aliphatic heterocycles. The topological polar surface area (TPSA) is 35.2 Å². The summed E-state index contributed by atoms with van der Waals surface area (Å²) in [5.74, 6) is -1.22. The van der Waals surface area contributed by atoms with Gasteiger partial charge in [-0.3, -0.25) is 0 Å². The van der Waals surface area contributed by atoms with Crippen LogP contribution in [0, 0.1) is 18.6 Å². The summed E-state index contributed by atoms with van der Waals surface area (Å²) in [5, 5.41) is 0. The van der Waals surface area contributed by atoms with Crippen LogP contribution in [0.25, 0.3) is 0 Å². The van der Waals surface area contributed by atoms with Gasteiger partial charge in [-0.25, -0.2) is 8.78 Å². The first-order valence-electron chi connectivity index (χ1n) is 5.05. The molecule has 0 unspecified atom stereocenters. The molecule has 0 bridgehead atoms. The SMILES string of the molecule is Cc1ccc(N)c(Oc2ccc(F)c(F)c2)c1. The highest BCUT2D eigenvalue weighted by Gasteiger charge is 2.06. The molecule has 2 nitrogen and oxygen atoms in total. The van der Waals surface area contributed by atoms with Crippen molar-refractivity contribution in [2.75, 3.05) is 5.73 Å². The molecular weight excluding hydrogens is 224 g/mol. The van der Waals surface area contributed by atoms with E-state index in [0.29, 0.717) is 11.4 Å². The standard InChI is InChI=1S/C13H11F2NO/c1-8-2-5-12(16)13(6-8)17-9-3-4-10(14)11(15)7-9/h2-7H,16H2,1H3. The lowest BCUT2D eigenvalue weighted by Gasteiger charge is -2.09. The van der Waals surface area contributed by atoms with Gasteiger partial charge < -0.3 is 10.5 Å². The molecule has 0 aromatic heterocycles. The Labute approximate surface area is 97.6 Å². The van der Waals surface area contributed by atoms with Crippen molar-refractivity contribution in [3.05, 3.63) is 53.6 Å². The second-order valence-corrected chi connectivity index (χ2v) is 3.72. The summed E-state index contributed by atoms with van der Waals surface area (Å²) in [6, 6.07) is 8.61. The lowest BCUT2D eigenvalue weighted by Crippen LogP contribution is -1.93. The van der Waals surface area contributed by atoms with Crippen molar-refractivity contribution in [2.24, 2.45) is 0 Å². The number of aryl methyl sites for hydroxylation is 1. The Kier molecular flexibility index (Phi) is 2.95. The third kappa shape index (κ3) is 2.53. The summed E-state index contributed by atoms with van der Waals surface area (Å²) in [6.45, 7) is 1.89. The molecule has 2 aromatic rings. The molecule has 0 radical (unpaired) electrons. The Morgan fingerprint density at radius 1 is 1.00 bits per heavy atom. The van der Waals surface area contributed by atoms with Gasteiger partial charge in [0.25, 0.3) is 0 Å². The molecule has 0 atom stereocenters. The molecule has 0 heterocycles. The van der Waals surface area contributed by atoms with Crippen molar-refractivity contribution in [3.8, 4) is 11.5 Å². The first kappa shape index (κ1) is 11.4. The van der Waals surface area contributed by atoms with E-state index in [0.717, 1.165) is 17.7 Å². The average molecular weight is 235 g/mol. The summed E-state index contributed by atoms with van der Waals surface area (Å²) in [4.78, 5) is 0. The van der Waals surface area contributed by atoms with Crippen LogP contribution in [0.5, 0.6) is 11.5 Å². The second kappa shape index (κ2) is 4.41. The van der Waals surface area contributed by atoms with Gasteiger partial charge in [0.1, 0.15) is 5.75 Å². The van der Waals surface area contributed by atoms with Crippen LogP contribution >= 0.6 is 0 Å². The van der Waals surface area contributed by atoms with Gasteiger partial charge in [-0.1, -0.05) is 6.07 Å². The second-order valence-electron chi connectivity index (χ2n) is 3.72. The number of hydrogen-bond acceptors (Lipinski definition) is 2. The molecule has 0 saturated heterocycles. The molecule has 0 aliphatic carbocycles. The number of nitrogen functional groups attached to an aromatic ring is 1. The van der Waals surface area contributed by atoms with Gasteiger partial charge in [0, 0.05) is 6.07 Å². The van der Waals surface area contributed by atoms with Crippen LogP contribution in [-0.4, -0.2) is 0 Å². The first-order chi connectivity index (χ1) is 8.06. The predicted octanol–water partition coefficient (Wildman–Crippen LogP) is 3.65. The highest BCUT2D eigenvalue weighted by atomic mass is 19.2. The van der Waals surface area contributed by atoms with E-state index in [4.69, 9.17) is 10.5 Å². The molecule has 2 aromatic carbocycles. The van der Waals surface area contributed by atoms with E-state index < -0.39 is 11.6 Å². The fraction of sp³-hybridized carbons (Fsp3) is 0.0769. The van der Waals surface area contributed by atoms with Crippen LogP contribution in [0.2, 0.25) is 0 Å². The fourth-order valence-electron chi connectivity index (χ4n) is 1.40. The molecule has 0 spiro atoms. The molecule has 2 N–H and O–H groups in total. The molecule has 2 rings (SSSR count). The number of ether oxygens (including phenoxy) is 1. The maximum absolute atomic E-state index is 13.0. The normalized spacial score (nSPS) is 10.3. The third-order valence-electron chi connectivity index (χ3n) is 2.29. The Morgan fingerprint density at radius 2 is 1.76 bits per heavy atom. The van der Waals surface area contributed by atoms with E-state index in [1.807, 2.05) is 13.0 Å². The van der Waals surface area contributed by atoms with Gasteiger partial charge in [0.2, 0.25) is 0 Å². The molecule has 17 heavy (non-hydrogen) atoms. The number of benzene rings is 2. The first-order valence-corrected chi connectivity index (χ1v) is 5.05. The zero-order chi connectivity index (χ0) is 12.4. The van der Waals surface area contributed by atoms with E-state index in [-0.39, 0.29) is 5.75 Å². The zero-order valence-electron chi connectivity index (χ0n) is 9.21. The van der Waals surface area contributed by atoms with E-state index in [2.05, 4.69) is 0 Å². The van der Waals surface area contributed by atoms with Gasteiger partial charge in [0.15, 0.2) is 17.4 Å². The fourth-order valence-corrected chi connectivity index (χ4v) is 1.40. The quantitative estimate of drug-likeness (QED) is 0.806. The summed E-state index contributed by atoms with van der Waals surface area (Å²) in [6.07, 6.45) is 0. The Hall–Kier alpha value is -2.10. The minimum absolute atomic E-state index is 0.209. The van der Waals surface area contributed by atoms with Crippen molar-refractivity contribution in [3.63, 3.8) is 0 Å². The Balaban J connectivity index is 2.31. The summed E-state index contributed by atoms with van der Waals surface area (Å²) in [7, 11) is 0. The van der Waals surface area contributed by atoms with Crippen LogP contribution in [0.3, 0.4) is 0 Å². The van der Waals surface area contributed by atoms with Crippen molar-refractivity contribution >= 4 is 5.69 Å². The van der Waals surface area contributed by atoms with E-state index in [1.165, 1.54) is 6.07 Å². The minimum Gasteiger partial charge on any atom is -0.455 e. The smallest absolute Gasteiger partial charge is 0.162 e. The van der Waals surface area contributed by atoms with E-state index >= 15 is 0 Å². The van der Waals surface area contributed by atoms with Crippen LogP contribution in [0.4, 0.5) is 14.5 Å². The van der Waals surface area contributed by atoms with Gasteiger partial charge in [-0.05, 0) is 36.8 Å². The third-order valence-corrected chi connectivity index (χ3v) is 2.29. The average Bonchev–Trinajstić information content (AvgIpc) is 2.29. The van der Waals surface area contributed by atoms with Crippen LogP contribution < -0.4 is 10.5 Å². The number of rotatable bonds is 2. The predicted molar refractivity (Wildman–Crippen MR) is 62.0 cm³/mol. The number of anilines is 1. The van der Waals surface area contributed by atoms with Crippen molar-refractivity contribution in [1.29, 1.82) is 0 Å². The highest BCUT2D eigenvalue weighted by Crippen LogP contribution is 2.28. The molecule has 88 valence electrons. The van der Waals surface area contributed by atoms with Crippen LogP contribution in [0.1, 0.15) is 5.56 Å². The monoisotopic (exact) mass is 235 g/mol. The van der Waals surface area contributed by atoms with Gasteiger partial charge in [-0.2, -0.15) is 0 Å². The van der Waals surface area contributed by atoms with Crippen molar-refractivity contribution in [2.45, 2.75) is 6.92 Å². The Morgan fingerprint density at radius 3 is 2.47 bits per heavy atom. The molecule has 0 aliphatic rings. The number of nitrogens with two attached hydrogens (primary N) is 1. The minimum atomic E-state index is -0.950. The molecular formula is C13H11F2NO. The van der Waals surface area contributed by atoms with Gasteiger partial charge >= 0.3 is 0 Å². The molecule has 0 fully saturated rings. The lowest BCUT2D eigenvalue weighted by atomic mass is 10.2. The van der Waals surface area contributed by atoms with Crippen LogP contribution in [-0.2, 0) is 0 Å². The highest BCUT2D eigenvalue weighted by molar-refractivity contribution is 5.55. The zero-order valence-corrected chi connectivity index (χ0v) is 9.21. The van der Waals surface area contributed by atoms with Gasteiger partial charge in [-0.15, -0.1) is 0 Å². The molecule has 4 heteroatoms. The lowest BCUT2D eigenvalue weighted by molar-refractivity contribution is 0.463. The Bertz CT molecular complexity index is 555. The largest absolute Gasteiger partial charge is 0.455 e. The van der Waals surface area contributed by atoms with Crippen molar-refractivity contribution < 1.29 is 13.5 Å². The summed E-state index contributed by atoms with van der Waals surface area (Å²) >= 11 is 0. The van der Waals surface area contributed by atoms with E-state index in [9.17, 15) is 8.78 Å². The van der Waals surface area contributed by atoms with Crippen molar-refractivity contribution in [1.82, 2.24) is 0 Å².